The molecule has 0 aliphatic rings. The van der Waals surface area contributed by atoms with Crippen LogP contribution in [0.3, 0.4) is 0 Å². The summed E-state index contributed by atoms with van der Waals surface area (Å²) in [6.07, 6.45) is 1.78. The molecule has 0 bridgehead atoms. The van der Waals surface area contributed by atoms with E-state index in [2.05, 4.69) is 58.3 Å². The fourth-order valence-electron chi connectivity index (χ4n) is 3.70. The highest BCUT2D eigenvalue weighted by atomic mass is 32.1. The number of fused-ring (bicyclic) bond motifs is 1. The quantitative estimate of drug-likeness (QED) is 0.310. The van der Waals surface area contributed by atoms with Crippen LogP contribution in [0.5, 0.6) is 5.75 Å². The minimum Gasteiger partial charge on any atom is -0.496 e. The third-order valence-electron chi connectivity index (χ3n) is 5.36. The number of hydrogen-bond acceptors (Lipinski definition) is 5. The van der Waals surface area contributed by atoms with Gasteiger partial charge >= 0.3 is 0 Å². The lowest BCUT2D eigenvalue weighted by Crippen LogP contribution is -2.21. The van der Waals surface area contributed by atoms with E-state index in [1.165, 1.54) is 5.69 Å². The Morgan fingerprint density at radius 3 is 2.52 bits per heavy atom. The van der Waals surface area contributed by atoms with Gasteiger partial charge in [-0.15, -0.1) is 0 Å². The van der Waals surface area contributed by atoms with Gasteiger partial charge in [-0.2, -0.15) is 14.9 Å². The lowest BCUT2D eigenvalue weighted by molar-refractivity contribution is 0.415. The molecular formula is C24H25N5OS. The Labute approximate surface area is 186 Å². The van der Waals surface area contributed by atoms with Gasteiger partial charge in [0.05, 0.1) is 13.3 Å². The van der Waals surface area contributed by atoms with E-state index in [-0.39, 0.29) is 0 Å². The van der Waals surface area contributed by atoms with E-state index >= 15 is 0 Å². The standard InChI is InChI=1S/C24H25N5OS/c1-4-28(5-2)19-13-10-18(11-14-19)23-26-27-24(31)29(23)25-16-21-20-9-7-6-8-17(20)12-15-22(21)30-3/h6-16H,4-5H2,1-3H3,(H,27,31). The summed E-state index contributed by atoms with van der Waals surface area (Å²) >= 11 is 5.44. The van der Waals surface area contributed by atoms with Crippen molar-refractivity contribution in [3.8, 4) is 17.1 Å². The van der Waals surface area contributed by atoms with Gasteiger partial charge in [-0.25, -0.2) is 5.10 Å². The van der Waals surface area contributed by atoms with Crippen molar-refractivity contribution in [1.29, 1.82) is 0 Å². The molecule has 0 radical (unpaired) electrons. The lowest BCUT2D eigenvalue weighted by atomic mass is 10.0. The molecule has 0 atom stereocenters. The predicted molar refractivity (Wildman–Crippen MR) is 130 cm³/mol. The van der Waals surface area contributed by atoms with Crippen LogP contribution in [0.4, 0.5) is 5.69 Å². The third-order valence-corrected chi connectivity index (χ3v) is 5.62. The van der Waals surface area contributed by atoms with Gasteiger partial charge in [0.15, 0.2) is 5.82 Å². The van der Waals surface area contributed by atoms with Crippen LogP contribution < -0.4 is 9.64 Å². The summed E-state index contributed by atoms with van der Waals surface area (Å²) in [5.41, 5.74) is 3.01. The zero-order valence-corrected chi connectivity index (χ0v) is 18.7. The second-order valence-corrected chi connectivity index (χ2v) is 7.42. The van der Waals surface area contributed by atoms with Crippen molar-refractivity contribution in [2.24, 2.45) is 5.10 Å². The first-order valence-electron chi connectivity index (χ1n) is 10.3. The predicted octanol–water partition coefficient (Wildman–Crippen LogP) is 5.50. The Morgan fingerprint density at radius 1 is 1.06 bits per heavy atom. The molecule has 0 saturated carbocycles. The van der Waals surface area contributed by atoms with Crippen LogP contribution >= 0.6 is 12.2 Å². The maximum atomic E-state index is 5.57. The first-order chi connectivity index (χ1) is 15.2. The zero-order valence-electron chi connectivity index (χ0n) is 17.9. The molecule has 0 saturated heterocycles. The van der Waals surface area contributed by atoms with Crippen molar-refractivity contribution in [3.05, 3.63) is 71.0 Å². The van der Waals surface area contributed by atoms with Crippen LogP contribution in [0.25, 0.3) is 22.2 Å². The van der Waals surface area contributed by atoms with E-state index in [9.17, 15) is 0 Å². The number of H-pyrrole nitrogens is 1. The molecule has 7 heteroatoms. The number of methoxy groups -OCH3 is 1. The number of nitrogens with one attached hydrogen (secondary N) is 1. The number of hydrogen-bond donors (Lipinski definition) is 1. The fourth-order valence-corrected chi connectivity index (χ4v) is 3.88. The molecule has 31 heavy (non-hydrogen) atoms. The topological polar surface area (TPSA) is 58.4 Å². The maximum absolute atomic E-state index is 5.57. The zero-order chi connectivity index (χ0) is 21.8. The molecule has 0 amide bonds. The lowest BCUT2D eigenvalue weighted by Gasteiger charge is -2.21. The maximum Gasteiger partial charge on any atom is 0.216 e. The molecule has 0 unspecified atom stereocenters. The first-order valence-corrected chi connectivity index (χ1v) is 10.7. The van der Waals surface area contributed by atoms with Gasteiger partial charge in [0.2, 0.25) is 4.77 Å². The average molecular weight is 432 g/mol. The number of anilines is 1. The van der Waals surface area contributed by atoms with Crippen LogP contribution in [0.2, 0.25) is 0 Å². The second kappa shape index (κ2) is 9.14. The molecule has 0 aliphatic carbocycles. The van der Waals surface area contributed by atoms with Crippen molar-refractivity contribution in [1.82, 2.24) is 14.9 Å². The Morgan fingerprint density at radius 2 is 1.81 bits per heavy atom. The Hall–Kier alpha value is -3.45. The van der Waals surface area contributed by atoms with Gasteiger partial charge in [0, 0.05) is 29.9 Å². The van der Waals surface area contributed by atoms with E-state index in [1.54, 1.807) is 18.0 Å². The Kier molecular flexibility index (Phi) is 6.13. The molecule has 0 fully saturated rings. The molecule has 0 spiro atoms. The molecular weight excluding hydrogens is 406 g/mol. The number of aromatic amines is 1. The van der Waals surface area contributed by atoms with E-state index in [0.29, 0.717) is 10.6 Å². The largest absolute Gasteiger partial charge is 0.496 e. The summed E-state index contributed by atoms with van der Waals surface area (Å²) in [5.74, 6) is 1.41. The second-order valence-electron chi connectivity index (χ2n) is 7.03. The van der Waals surface area contributed by atoms with Crippen LogP contribution in [-0.4, -0.2) is 41.3 Å². The van der Waals surface area contributed by atoms with Crippen LogP contribution in [0.15, 0.2) is 65.8 Å². The van der Waals surface area contributed by atoms with Gasteiger partial charge in [-0.3, -0.25) is 0 Å². The molecule has 1 heterocycles. The van der Waals surface area contributed by atoms with Crippen LogP contribution in [0, 0.1) is 4.77 Å². The molecule has 158 valence electrons. The van der Waals surface area contributed by atoms with E-state index in [0.717, 1.165) is 40.7 Å². The number of benzene rings is 3. The molecule has 1 N–H and O–H groups in total. The SMILES string of the molecule is CCN(CC)c1ccc(-c2n[nH]c(=S)n2N=Cc2c(OC)ccc3ccccc23)cc1. The van der Waals surface area contributed by atoms with E-state index in [1.807, 2.05) is 36.4 Å². The molecule has 1 aromatic heterocycles. The van der Waals surface area contributed by atoms with Gasteiger partial charge < -0.3 is 9.64 Å². The number of aromatic nitrogens is 3. The first kappa shape index (κ1) is 20.8. The Balaban J connectivity index is 1.74. The molecule has 0 aliphatic heterocycles. The highest BCUT2D eigenvalue weighted by molar-refractivity contribution is 7.71. The van der Waals surface area contributed by atoms with E-state index < -0.39 is 0 Å². The van der Waals surface area contributed by atoms with Gasteiger partial charge in [0.1, 0.15) is 5.75 Å². The van der Waals surface area contributed by atoms with Gasteiger partial charge in [-0.05, 0) is 67.2 Å². The van der Waals surface area contributed by atoms with E-state index in [4.69, 9.17) is 17.0 Å². The number of nitrogens with zero attached hydrogens (tertiary/aromatic N) is 4. The minimum atomic E-state index is 0.429. The van der Waals surface area contributed by atoms with Gasteiger partial charge in [-0.1, -0.05) is 30.3 Å². The Bertz CT molecular complexity index is 1270. The average Bonchev–Trinajstić information content (AvgIpc) is 3.18. The minimum absolute atomic E-state index is 0.429. The highest BCUT2D eigenvalue weighted by Gasteiger charge is 2.11. The molecule has 3 aromatic carbocycles. The van der Waals surface area contributed by atoms with Gasteiger partial charge in [0.25, 0.3) is 0 Å². The number of rotatable bonds is 7. The molecule has 4 aromatic rings. The summed E-state index contributed by atoms with van der Waals surface area (Å²) < 4.78 is 7.64. The van der Waals surface area contributed by atoms with Crippen molar-refractivity contribution < 1.29 is 4.74 Å². The molecule has 6 nitrogen and oxygen atoms in total. The summed E-state index contributed by atoms with van der Waals surface area (Å²) in [6.45, 7) is 6.23. The van der Waals surface area contributed by atoms with Crippen LogP contribution in [-0.2, 0) is 0 Å². The highest BCUT2D eigenvalue weighted by Crippen LogP contribution is 2.27. The van der Waals surface area contributed by atoms with Crippen LogP contribution in [0.1, 0.15) is 19.4 Å². The van der Waals surface area contributed by atoms with Crippen molar-refractivity contribution in [2.45, 2.75) is 13.8 Å². The van der Waals surface area contributed by atoms with Crippen molar-refractivity contribution >= 4 is 34.9 Å². The summed E-state index contributed by atoms with van der Waals surface area (Å²) in [4.78, 5) is 2.30. The van der Waals surface area contributed by atoms with Crippen molar-refractivity contribution in [2.75, 3.05) is 25.1 Å². The monoisotopic (exact) mass is 431 g/mol. The summed E-state index contributed by atoms with van der Waals surface area (Å²) in [5, 5.41) is 14.1. The fraction of sp³-hybridized carbons (Fsp3) is 0.208. The smallest absolute Gasteiger partial charge is 0.216 e. The number of ether oxygens (including phenoxy) is 1. The molecule has 4 rings (SSSR count). The van der Waals surface area contributed by atoms with Crippen molar-refractivity contribution in [3.63, 3.8) is 0 Å². The summed E-state index contributed by atoms with van der Waals surface area (Å²) in [6, 6.07) is 20.4. The summed E-state index contributed by atoms with van der Waals surface area (Å²) in [7, 11) is 1.66. The third kappa shape index (κ3) is 4.09. The normalized spacial score (nSPS) is 11.3.